The Balaban J connectivity index is 2.40. The minimum atomic E-state index is 0.178. The van der Waals surface area contributed by atoms with Gasteiger partial charge in [0.1, 0.15) is 0 Å². The number of hydrogen-bond donors (Lipinski definition) is 1. The highest BCUT2D eigenvalue weighted by atomic mass is 32.1. The first-order valence-electron chi connectivity index (χ1n) is 4.48. The second-order valence-corrected chi connectivity index (χ2v) is 3.66. The minimum Gasteiger partial charge on any atom is -0.464 e. The van der Waals surface area contributed by atoms with Crippen LogP contribution in [0, 0.1) is 0 Å². The third kappa shape index (κ3) is 2.21. The number of ether oxygens (including phenoxy) is 1. The van der Waals surface area contributed by atoms with Gasteiger partial charge in [0.05, 0.1) is 11.5 Å². The van der Waals surface area contributed by atoms with Crippen molar-refractivity contribution in [3.8, 4) is 16.7 Å². The average Bonchev–Trinajstić information content (AvgIpc) is 2.70. The SMILES string of the molecule is CCOc1nc(N)nc(-c2cccs2)n1. The van der Waals surface area contributed by atoms with Gasteiger partial charge in [-0.1, -0.05) is 6.07 Å². The van der Waals surface area contributed by atoms with Gasteiger partial charge in [-0.25, -0.2) is 0 Å². The van der Waals surface area contributed by atoms with Crippen LogP contribution in [-0.2, 0) is 0 Å². The molecule has 2 aromatic heterocycles. The van der Waals surface area contributed by atoms with Gasteiger partial charge in [0, 0.05) is 0 Å². The van der Waals surface area contributed by atoms with Crippen LogP contribution in [0.2, 0.25) is 0 Å². The maximum absolute atomic E-state index is 5.56. The van der Waals surface area contributed by atoms with Crippen LogP contribution < -0.4 is 10.5 Å². The topological polar surface area (TPSA) is 73.9 Å². The average molecular weight is 222 g/mol. The molecular formula is C9H10N4OS. The van der Waals surface area contributed by atoms with E-state index in [1.807, 2.05) is 24.4 Å². The monoisotopic (exact) mass is 222 g/mol. The second kappa shape index (κ2) is 4.22. The molecular weight excluding hydrogens is 212 g/mol. The highest BCUT2D eigenvalue weighted by molar-refractivity contribution is 7.13. The molecule has 6 heteroatoms. The molecule has 0 bridgehead atoms. The molecule has 0 spiro atoms. The van der Waals surface area contributed by atoms with Gasteiger partial charge in [0.25, 0.3) is 0 Å². The number of aromatic nitrogens is 3. The standard InChI is InChI=1S/C9H10N4OS/c1-2-14-9-12-7(11-8(10)13-9)6-4-3-5-15-6/h3-5H,2H2,1H3,(H2,10,11,12,13). The highest BCUT2D eigenvalue weighted by Crippen LogP contribution is 2.22. The van der Waals surface area contributed by atoms with Crippen molar-refractivity contribution >= 4 is 17.3 Å². The van der Waals surface area contributed by atoms with Crippen molar-refractivity contribution in [1.82, 2.24) is 15.0 Å². The summed E-state index contributed by atoms with van der Waals surface area (Å²) in [6, 6.07) is 4.13. The van der Waals surface area contributed by atoms with Crippen LogP contribution in [0.5, 0.6) is 6.01 Å². The molecule has 0 aliphatic carbocycles. The third-order valence-corrected chi connectivity index (χ3v) is 2.51. The first-order valence-corrected chi connectivity index (χ1v) is 5.36. The molecule has 78 valence electrons. The first kappa shape index (κ1) is 9.85. The molecule has 0 aliphatic heterocycles. The van der Waals surface area contributed by atoms with Gasteiger partial charge in [-0.05, 0) is 18.4 Å². The van der Waals surface area contributed by atoms with Crippen LogP contribution in [0.4, 0.5) is 5.95 Å². The number of hydrogen-bond acceptors (Lipinski definition) is 6. The number of anilines is 1. The predicted octanol–water partition coefficient (Wildman–Crippen LogP) is 1.58. The quantitative estimate of drug-likeness (QED) is 0.853. The van der Waals surface area contributed by atoms with Crippen molar-refractivity contribution in [2.45, 2.75) is 6.92 Å². The first-order chi connectivity index (χ1) is 7.29. The molecule has 0 radical (unpaired) electrons. The lowest BCUT2D eigenvalue weighted by Gasteiger charge is -2.02. The van der Waals surface area contributed by atoms with Gasteiger partial charge in [-0.3, -0.25) is 0 Å². The van der Waals surface area contributed by atoms with Gasteiger partial charge in [-0.2, -0.15) is 15.0 Å². The Labute approximate surface area is 91.0 Å². The van der Waals surface area contributed by atoms with E-state index in [2.05, 4.69) is 15.0 Å². The summed E-state index contributed by atoms with van der Waals surface area (Å²) in [5.41, 5.74) is 5.56. The Morgan fingerprint density at radius 3 is 2.93 bits per heavy atom. The molecule has 0 aromatic carbocycles. The lowest BCUT2D eigenvalue weighted by molar-refractivity contribution is 0.312. The molecule has 0 aliphatic rings. The van der Waals surface area contributed by atoms with Crippen molar-refractivity contribution < 1.29 is 4.74 Å². The van der Waals surface area contributed by atoms with Crippen LogP contribution in [0.1, 0.15) is 6.92 Å². The molecule has 2 heterocycles. The summed E-state index contributed by atoms with van der Waals surface area (Å²) < 4.78 is 5.19. The second-order valence-electron chi connectivity index (χ2n) is 2.71. The van der Waals surface area contributed by atoms with Crippen LogP contribution in [0.25, 0.3) is 10.7 Å². The molecule has 2 rings (SSSR count). The van der Waals surface area contributed by atoms with Crippen molar-refractivity contribution in [2.75, 3.05) is 12.3 Å². The fraction of sp³-hybridized carbons (Fsp3) is 0.222. The zero-order valence-corrected chi connectivity index (χ0v) is 8.99. The number of nitrogen functional groups attached to an aromatic ring is 1. The number of nitrogens with zero attached hydrogens (tertiary/aromatic N) is 3. The molecule has 0 saturated carbocycles. The van der Waals surface area contributed by atoms with Crippen LogP contribution >= 0.6 is 11.3 Å². The van der Waals surface area contributed by atoms with Crippen molar-refractivity contribution in [3.05, 3.63) is 17.5 Å². The fourth-order valence-corrected chi connectivity index (χ4v) is 1.74. The third-order valence-electron chi connectivity index (χ3n) is 1.65. The Morgan fingerprint density at radius 2 is 2.27 bits per heavy atom. The fourth-order valence-electron chi connectivity index (χ4n) is 1.08. The maximum Gasteiger partial charge on any atom is 0.321 e. The van der Waals surface area contributed by atoms with Gasteiger partial charge < -0.3 is 10.5 Å². The summed E-state index contributed by atoms with van der Waals surface area (Å²) in [6.07, 6.45) is 0. The molecule has 5 nitrogen and oxygen atoms in total. The van der Waals surface area contributed by atoms with Gasteiger partial charge >= 0.3 is 6.01 Å². The van der Waals surface area contributed by atoms with Crippen LogP contribution in [-0.4, -0.2) is 21.6 Å². The van der Waals surface area contributed by atoms with E-state index in [4.69, 9.17) is 10.5 Å². The van der Waals surface area contributed by atoms with Crippen molar-refractivity contribution in [2.24, 2.45) is 0 Å². The summed E-state index contributed by atoms with van der Waals surface area (Å²) in [6.45, 7) is 2.37. The van der Waals surface area contributed by atoms with Crippen LogP contribution in [0.3, 0.4) is 0 Å². The zero-order valence-electron chi connectivity index (χ0n) is 8.17. The summed E-state index contributed by atoms with van der Waals surface area (Å²) >= 11 is 1.55. The Hall–Kier alpha value is -1.69. The van der Waals surface area contributed by atoms with Gasteiger partial charge in [-0.15, -0.1) is 11.3 Å². The van der Waals surface area contributed by atoms with Crippen LogP contribution in [0.15, 0.2) is 17.5 Å². The van der Waals surface area contributed by atoms with Gasteiger partial charge in [0.2, 0.25) is 5.95 Å². The summed E-state index contributed by atoms with van der Waals surface area (Å²) in [4.78, 5) is 13.0. The molecule has 0 fully saturated rings. The normalized spacial score (nSPS) is 10.2. The predicted molar refractivity (Wildman–Crippen MR) is 58.7 cm³/mol. The van der Waals surface area contributed by atoms with E-state index in [1.54, 1.807) is 11.3 Å². The van der Waals surface area contributed by atoms with Crippen molar-refractivity contribution in [1.29, 1.82) is 0 Å². The largest absolute Gasteiger partial charge is 0.464 e. The maximum atomic E-state index is 5.56. The summed E-state index contributed by atoms with van der Waals surface area (Å²) in [7, 11) is 0. The molecule has 15 heavy (non-hydrogen) atoms. The molecule has 0 unspecified atom stereocenters. The number of thiophene rings is 1. The summed E-state index contributed by atoms with van der Waals surface area (Å²) in [5, 5.41) is 1.95. The lowest BCUT2D eigenvalue weighted by Crippen LogP contribution is -2.04. The zero-order chi connectivity index (χ0) is 10.7. The van der Waals surface area contributed by atoms with E-state index in [0.29, 0.717) is 12.4 Å². The van der Waals surface area contributed by atoms with E-state index in [0.717, 1.165) is 4.88 Å². The van der Waals surface area contributed by atoms with E-state index in [-0.39, 0.29) is 12.0 Å². The molecule has 0 saturated heterocycles. The van der Waals surface area contributed by atoms with E-state index >= 15 is 0 Å². The minimum absolute atomic E-state index is 0.178. The lowest BCUT2D eigenvalue weighted by atomic mass is 10.4. The number of rotatable bonds is 3. The van der Waals surface area contributed by atoms with E-state index in [9.17, 15) is 0 Å². The highest BCUT2D eigenvalue weighted by Gasteiger charge is 2.07. The number of nitrogens with two attached hydrogens (primary N) is 1. The molecule has 2 N–H and O–H groups in total. The Morgan fingerprint density at radius 1 is 1.40 bits per heavy atom. The van der Waals surface area contributed by atoms with Gasteiger partial charge in [0.15, 0.2) is 5.82 Å². The Kier molecular flexibility index (Phi) is 2.77. The van der Waals surface area contributed by atoms with E-state index < -0.39 is 0 Å². The molecule has 0 amide bonds. The summed E-state index contributed by atoms with van der Waals surface area (Å²) in [5.74, 6) is 0.734. The molecule has 2 aromatic rings. The Bertz CT molecular complexity index is 443. The van der Waals surface area contributed by atoms with E-state index in [1.165, 1.54) is 0 Å². The van der Waals surface area contributed by atoms with Crippen molar-refractivity contribution in [3.63, 3.8) is 0 Å². The molecule has 0 atom stereocenters. The smallest absolute Gasteiger partial charge is 0.321 e.